The third-order valence-electron chi connectivity index (χ3n) is 5.87. The van der Waals surface area contributed by atoms with E-state index in [1.807, 2.05) is 12.2 Å². The van der Waals surface area contributed by atoms with Crippen molar-refractivity contribution in [1.29, 1.82) is 0 Å². The summed E-state index contributed by atoms with van der Waals surface area (Å²) < 4.78 is 10.2. The van der Waals surface area contributed by atoms with Gasteiger partial charge in [-0.05, 0) is 44.2 Å². The minimum absolute atomic E-state index is 0.0746. The van der Waals surface area contributed by atoms with Gasteiger partial charge in [-0.25, -0.2) is 4.79 Å². The smallest absolute Gasteiger partial charge is 0.347 e. The lowest BCUT2D eigenvalue weighted by atomic mass is 9.85. The maximum atomic E-state index is 12.7. The second-order valence-corrected chi connectivity index (χ2v) is 7.73. The zero-order valence-corrected chi connectivity index (χ0v) is 17.0. The van der Waals surface area contributed by atoms with E-state index in [9.17, 15) is 24.5 Å². The van der Waals surface area contributed by atoms with Gasteiger partial charge in [-0.1, -0.05) is 12.2 Å². The van der Waals surface area contributed by atoms with Crippen LogP contribution in [0.4, 0.5) is 5.69 Å². The van der Waals surface area contributed by atoms with Crippen molar-refractivity contribution in [1.82, 2.24) is 5.01 Å². The van der Waals surface area contributed by atoms with Gasteiger partial charge in [0.25, 0.3) is 11.8 Å². The second-order valence-electron chi connectivity index (χ2n) is 7.73. The Bertz CT molecular complexity index is 988. The lowest BCUT2D eigenvalue weighted by molar-refractivity contribution is -0.386. The zero-order chi connectivity index (χ0) is 22.3. The molecule has 31 heavy (non-hydrogen) atoms. The van der Waals surface area contributed by atoms with E-state index >= 15 is 0 Å². The Morgan fingerprint density at radius 3 is 2.52 bits per heavy atom. The molecule has 1 aromatic rings. The number of allylic oxidation sites excluding steroid dienone is 2. The SMILES string of the molecule is CCOC(=O)C(C)Oc1ccc(C=NN2C(=O)C3C4C=CC(C4)C3C2=O)cc1[N+](=O)[O-]. The third-order valence-corrected chi connectivity index (χ3v) is 5.87. The minimum Gasteiger partial charge on any atom is -0.472 e. The maximum Gasteiger partial charge on any atom is 0.347 e. The molecule has 2 bridgehead atoms. The fourth-order valence-corrected chi connectivity index (χ4v) is 4.48. The number of nitrogens with zero attached hydrogens (tertiary/aromatic N) is 3. The first-order valence-electron chi connectivity index (χ1n) is 10.0. The topological polar surface area (TPSA) is 128 Å². The number of imide groups is 1. The van der Waals surface area contributed by atoms with Crippen LogP contribution < -0.4 is 4.74 Å². The highest BCUT2D eigenvalue weighted by atomic mass is 16.6. The van der Waals surface area contributed by atoms with Crippen molar-refractivity contribution in [3.05, 3.63) is 46.0 Å². The lowest BCUT2D eigenvalue weighted by Crippen LogP contribution is -2.28. The van der Waals surface area contributed by atoms with Gasteiger partial charge in [-0.3, -0.25) is 19.7 Å². The molecule has 0 spiro atoms. The highest BCUT2D eigenvalue weighted by molar-refractivity contribution is 6.06. The van der Waals surface area contributed by atoms with Gasteiger partial charge in [0, 0.05) is 11.6 Å². The van der Waals surface area contributed by atoms with E-state index in [0.29, 0.717) is 5.56 Å². The number of esters is 1. The highest BCUT2D eigenvalue weighted by Gasteiger charge is 2.59. The molecule has 2 aliphatic carbocycles. The number of ether oxygens (including phenoxy) is 2. The predicted octanol–water partition coefficient (Wildman–Crippen LogP) is 2.07. The summed E-state index contributed by atoms with van der Waals surface area (Å²) in [6, 6.07) is 4.02. The summed E-state index contributed by atoms with van der Waals surface area (Å²) in [6.07, 6.45) is 5.01. The molecule has 1 saturated heterocycles. The van der Waals surface area contributed by atoms with Crippen LogP contribution in [0.3, 0.4) is 0 Å². The summed E-state index contributed by atoms with van der Waals surface area (Å²) >= 11 is 0. The van der Waals surface area contributed by atoms with Crippen LogP contribution in [0.15, 0.2) is 35.5 Å². The number of fused-ring (bicyclic) bond motifs is 5. The van der Waals surface area contributed by atoms with Gasteiger partial charge in [0.2, 0.25) is 0 Å². The molecule has 10 heteroatoms. The number of benzene rings is 1. The van der Waals surface area contributed by atoms with Gasteiger partial charge in [-0.15, -0.1) is 0 Å². The Labute approximate surface area is 177 Å². The average molecular weight is 427 g/mol. The number of hydrazone groups is 1. The van der Waals surface area contributed by atoms with Crippen LogP contribution in [0.5, 0.6) is 5.75 Å². The van der Waals surface area contributed by atoms with Gasteiger partial charge in [0.15, 0.2) is 11.9 Å². The van der Waals surface area contributed by atoms with Crippen molar-refractivity contribution < 1.29 is 28.8 Å². The summed E-state index contributed by atoms with van der Waals surface area (Å²) in [7, 11) is 0. The molecule has 2 amide bonds. The van der Waals surface area contributed by atoms with E-state index in [1.54, 1.807) is 6.92 Å². The van der Waals surface area contributed by atoms with E-state index in [1.165, 1.54) is 31.3 Å². The Kier molecular flexibility index (Phi) is 5.30. The van der Waals surface area contributed by atoms with E-state index in [2.05, 4.69) is 5.10 Å². The molecule has 2 fully saturated rings. The molecule has 0 radical (unpaired) electrons. The molecule has 1 heterocycles. The first-order chi connectivity index (χ1) is 14.8. The van der Waals surface area contributed by atoms with Crippen LogP contribution >= 0.6 is 0 Å². The molecule has 162 valence electrons. The van der Waals surface area contributed by atoms with Crippen molar-refractivity contribution in [2.24, 2.45) is 28.8 Å². The minimum atomic E-state index is -1.03. The number of amides is 2. The largest absolute Gasteiger partial charge is 0.472 e. The number of hydrogen-bond donors (Lipinski definition) is 0. The summed E-state index contributed by atoms with van der Waals surface area (Å²) in [5, 5.41) is 16.4. The Balaban J connectivity index is 1.51. The standard InChI is InChI=1S/C21H21N3O7/c1-3-30-21(27)11(2)31-16-7-4-12(8-15(16)24(28)29)10-22-23-19(25)17-13-5-6-14(9-13)18(17)20(23)26/h4-8,10-11,13-14,17-18H,3,9H2,1-2H3. The lowest BCUT2D eigenvalue weighted by Gasteiger charge is -2.13. The third kappa shape index (κ3) is 3.58. The number of carbonyl (C=O) groups is 3. The van der Waals surface area contributed by atoms with E-state index in [-0.39, 0.29) is 53.5 Å². The molecule has 4 rings (SSSR count). The number of carbonyl (C=O) groups excluding carboxylic acids is 3. The van der Waals surface area contributed by atoms with E-state index in [0.717, 1.165) is 11.4 Å². The van der Waals surface area contributed by atoms with Crippen LogP contribution in [0.2, 0.25) is 0 Å². The fraction of sp³-hybridized carbons (Fsp3) is 0.429. The molecule has 0 N–H and O–H groups in total. The zero-order valence-electron chi connectivity index (χ0n) is 17.0. The first-order valence-corrected chi connectivity index (χ1v) is 10.0. The van der Waals surface area contributed by atoms with Crippen molar-refractivity contribution in [3.8, 4) is 5.75 Å². The fourth-order valence-electron chi connectivity index (χ4n) is 4.48. The number of nitro benzene ring substituents is 1. The van der Waals surface area contributed by atoms with Crippen molar-refractivity contribution in [2.45, 2.75) is 26.4 Å². The highest BCUT2D eigenvalue weighted by Crippen LogP contribution is 2.52. The molecule has 5 unspecified atom stereocenters. The summed E-state index contributed by atoms with van der Waals surface area (Å²) in [5.41, 5.74) is -0.0696. The van der Waals surface area contributed by atoms with Gasteiger partial charge in [-0.2, -0.15) is 10.1 Å². The quantitative estimate of drug-likeness (QED) is 0.163. The summed E-state index contributed by atoms with van der Waals surface area (Å²) in [4.78, 5) is 47.9. The molecule has 1 saturated carbocycles. The normalized spacial score (nSPS) is 27.1. The number of hydrogen-bond acceptors (Lipinski definition) is 8. The summed E-state index contributed by atoms with van der Waals surface area (Å²) in [6.45, 7) is 3.24. The maximum absolute atomic E-state index is 12.7. The Morgan fingerprint density at radius 2 is 1.94 bits per heavy atom. The average Bonchev–Trinajstić information content (AvgIpc) is 3.41. The van der Waals surface area contributed by atoms with Crippen LogP contribution in [-0.2, 0) is 19.1 Å². The van der Waals surface area contributed by atoms with Crippen LogP contribution in [0, 0.1) is 33.8 Å². The molecule has 1 aromatic carbocycles. The van der Waals surface area contributed by atoms with Gasteiger partial charge >= 0.3 is 11.7 Å². The second kappa shape index (κ2) is 7.93. The van der Waals surface area contributed by atoms with Gasteiger partial charge in [0.05, 0.1) is 29.6 Å². The first kappa shape index (κ1) is 20.7. The van der Waals surface area contributed by atoms with Crippen molar-refractivity contribution >= 4 is 29.7 Å². The molecule has 0 aromatic heterocycles. The Morgan fingerprint density at radius 1 is 1.29 bits per heavy atom. The summed E-state index contributed by atoms with van der Waals surface area (Å²) in [5.74, 6) is -1.99. The monoisotopic (exact) mass is 427 g/mol. The van der Waals surface area contributed by atoms with Crippen LogP contribution in [-0.4, -0.2) is 46.6 Å². The van der Waals surface area contributed by atoms with Gasteiger partial charge < -0.3 is 9.47 Å². The molecule has 1 aliphatic heterocycles. The van der Waals surface area contributed by atoms with Crippen LogP contribution in [0.1, 0.15) is 25.8 Å². The predicted molar refractivity (Wildman–Crippen MR) is 107 cm³/mol. The number of nitro groups is 1. The van der Waals surface area contributed by atoms with Gasteiger partial charge in [0.1, 0.15) is 0 Å². The van der Waals surface area contributed by atoms with Crippen molar-refractivity contribution in [3.63, 3.8) is 0 Å². The molecule has 3 aliphatic rings. The number of rotatable bonds is 7. The molecule has 10 nitrogen and oxygen atoms in total. The van der Waals surface area contributed by atoms with E-state index < -0.39 is 17.0 Å². The van der Waals surface area contributed by atoms with Crippen LogP contribution in [0.25, 0.3) is 0 Å². The molecular formula is C21H21N3O7. The molecular weight excluding hydrogens is 406 g/mol. The Hall–Kier alpha value is -3.56. The van der Waals surface area contributed by atoms with Crippen molar-refractivity contribution in [2.75, 3.05) is 6.61 Å². The van der Waals surface area contributed by atoms with E-state index in [4.69, 9.17) is 9.47 Å². The molecule has 5 atom stereocenters.